The van der Waals surface area contributed by atoms with E-state index in [0.717, 1.165) is 0 Å². The third kappa shape index (κ3) is 1.67. The molecule has 0 bridgehead atoms. The first kappa shape index (κ1) is 9.67. The minimum atomic E-state index is -1.23. The molecule has 70 valence electrons. The second-order valence-corrected chi connectivity index (χ2v) is 2.56. The van der Waals surface area contributed by atoms with Crippen LogP contribution >= 0.6 is 0 Å². The lowest BCUT2D eigenvalue weighted by molar-refractivity contribution is -0.155. The first-order chi connectivity index (χ1) is 6.14. The molecule has 0 aromatic rings. The quantitative estimate of drug-likeness (QED) is 0.574. The fraction of sp³-hybridized carbons (Fsp3) is 0.333. The van der Waals surface area contributed by atoms with E-state index in [1.54, 1.807) is 0 Å². The Morgan fingerprint density at radius 2 is 1.85 bits per heavy atom. The van der Waals surface area contributed by atoms with E-state index in [2.05, 4.69) is 4.74 Å². The average Bonchev–Trinajstić information content (AvgIpc) is 2.18. The van der Waals surface area contributed by atoms with Gasteiger partial charge in [-0.25, -0.2) is 4.79 Å². The average molecular weight is 182 g/mol. The summed E-state index contributed by atoms with van der Waals surface area (Å²) in [7, 11) is 2.64. The SMILES string of the molecule is COC(=O)C1(OC)C=CC(=O)C=C1. The molecule has 0 saturated heterocycles. The van der Waals surface area contributed by atoms with Gasteiger partial charge in [0.05, 0.1) is 7.11 Å². The highest BCUT2D eigenvalue weighted by Crippen LogP contribution is 2.19. The molecule has 1 aliphatic carbocycles. The molecule has 0 saturated carbocycles. The summed E-state index contributed by atoms with van der Waals surface area (Å²) >= 11 is 0. The van der Waals surface area contributed by atoms with E-state index in [-0.39, 0.29) is 5.78 Å². The summed E-state index contributed by atoms with van der Waals surface area (Å²) in [5.74, 6) is -0.716. The van der Waals surface area contributed by atoms with Gasteiger partial charge in [0.25, 0.3) is 0 Å². The maximum Gasteiger partial charge on any atom is 0.346 e. The van der Waals surface area contributed by atoms with Gasteiger partial charge in [0, 0.05) is 7.11 Å². The topological polar surface area (TPSA) is 52.6 Å². The van der Waals surface area contributed by atoms with E-state index in [4.69, 9.17) is 4.74 Å². The van der Waals surface area contributed by atoms with Crippen molar-refractivity contribution >= 4 is 11.8 Å². The number of rotatable bonds is 2. The third-order valence-electron chi connectivity index (χ3n) is 1.83. The zero-order valence-corrected chi connectivity index (χ0v) is 7.44. The van der Waals surface area contributed by atoms with Crippen LogP contribution in [-0.4, -0.2) is 31.6 Å². The highest BCUT2D eigenvalue weighted by atomic mass is 16.6. The largest absolute Gasteiger partial charge is 0.466 e. The number of carbonyl (C=O) groups is 2. The fourth-order valence-electron chi connectivity index (χ4n) is 1.04. The van der Waals surface area contributed by atoms with Crippen molar-refractivity contribution < 1.29 is 19.1 Å². The fourth-order valence-corrected chi connectivity index (χ4v) is 1.04. The van der Waals surface area contributed by atoms with Gasteiger partial charge in [-0.1, -0.05) is 0 Å². The number of hydrogen-bond acceptors (Lipinski definition) is 4. The summed E-state index contributed by atoms with van der Waals surface area (Å²) in [5, 5.41) is 0. The van der Waals surface area contributed by atoms with Gasteiger partial charge >= 0.3 is 5.97 Å². The maximum absolute atomic E-state index is 11.3. The predicted molar refractivity (Wildman–Crippen MR) is 45.0 cm³/mol. The van der Waals surface area contributed by atoms with Gasteiger partial charge in [0.1, 0.15) is 0 Å². The van der Waals surface area contributed by atoms with E-state index >= 15 is 0 Å². The van der Waals surface area contributed by atoms with Crippen LogP contribution in [0.1, 0.15) is 0 Å². The van der Waals surface area contributed by atoms with Gasteiger partial charge in [-0.3, -0.25) is 4.79 Å². The molecule has 13 heavy (non-hydrogen) atoms. The zero-order valence-electron chi connectivity index (χ0n) is 7.44. The summed E-state index contributed by atoms with van der Waals surface area (Å²) in [6, 6.07) is 0. The summed E-state index contributed by atoms with van der Waals surface area (Å²) in [6.07, 6.45) is 5.31. The minimum absolute atomic E-state index is 0.170. The molecule has 1 aliphatic rings. The highest BCUT2D eigenvalue weighted by Gasteiger charge is 2.36. The molecule has 0 radical (unpaired) electrons. The molecule has 0 spiro atoms. The predicted octanol–water partition coefficient (Wildman–Crippen LogP) is 0.240. The van der Waals surface area contributed by atoms with E-state index in [9.17, 15) is 9.59 Å². The van der Waals surface area contributed by atoms with Crippen molar-refractivity contribution in [1.82, 2.24) is 0 Å². The summed E-state index contributed by atoms with van der Waals surface area (Å²) in [5.41, 5.74) is -1.23. The Morgan fingerprint density at radius 1 is 1.31 bits per heavy atom. The van der Waals surface area contributed by atoms with Crippen molar-refractivity contribution in [3.63, 3.8) is 0 Å². The second kappa shape index (κ2) is 3.53. The monoisotopic (exact) mass is 182 g/mol. The van der Waals surface area contributed by atoms with Gasteiger partial charge in [-0.15, -0.1) is 0 Å². The lowest BCUT2D eigenvalue weighted by Crippen LogP contribution is -2.39. The van der Waals surface area contributed by atoms with Crippen molar-refractivity contribution in [3.05, 3.63) is 24.3 Å². The van der Waals surface area contributed by atoms with Gasteiger partial charge in [0.2, 0.25) is 5.60 Å². The van der Waals surface area contributed by atoms with Crippen LogP contribution in [0.4, 0.5) is 0 Å². The first-order valence-corrected chi connectivity index (χ1v) is 3.70. The number of hydrogen-bond donors (Lipinski definition) is 0. The van der Waals surface area contributed by atoms with E-state index in [1.165, 1.54) is 38.5 Å². The zero-order chi connectivity index (χ0) is 9.90. The Labute approximate surface area is 75.8 Å². The maximum atomic E-state index is 11.3. The van der Waals surface area contributed by atoms with Crippen LogP contribution in [0.25, 0.3) is 0 Å². The lowest BCUT2D eigenvalue weighted by Gasteiger charge is -2.23. The molecule has 0 fully saturated rings. The second-order valence-electron chi connectivity index (χ2n) is 2.56. The highest BCUT2D eigenvalue weighted by molar-refractivity contribution is 6.03. The molecule has 0 amide bonds. The van der Waals surface area contributed by atoms with Crippen LogP contribution in [-0.2, 0) is 19.1 Å². The minimum Gasteiger partial charge on any atom is -0.466 e. The number of methoxy groups -OCH3 is 2. The molecular weight excluding hydrogens is 172 g/mol. The van der Waals surface area contributed by atoms with Crippen molar-refractivity contribution in [2.24, 2.45) is 0 Å². The molecule has 0 aliphatic heterocycles. The molecule has 0 heterocycles. The summed E-state index contributed by atoms with van der Waals surface area (Å²) < 4.78 is 9.52. The summed E-state index contributed by atoms with van der Waals surface area (Å²) in [4.78, 5) is 22.1. The van der Waals surface area contributed by atoms with Crippen LogP contribution in [0.15, 0.2) is 24.3 Å². The molecular formula is C9H10O4. The third-order valence-corrected chi connectivity index (χ3v) is 1.83. The summed E-state index contributed by atoms with van der Waals surface area (Å²) in [6.45, 7) is 0. The number of allylic oxidation sites excluding steroid dienone is 2. The number of ketones is 1. The molecule has 0 atom stereocenters. The normalized spacial score (nSPS) is 18.8. The van der Waals surface area contributed by atoms with E-state index in [0.29, 0.717) is 0 Å². The van der Waals surface area contributed by atoms with Gasteiger partial charge in [-0.2, -0.15) is 0 Å². The van der Waals surface area contributed by atoms with Crippen LogP contribution in [0, 0.1) is 0 Å². The molecule has 0 aromatic carbocycles. The number of ether oxygens (including phenoxy) is 2. The van der Waals surface area contributed by atoms with Gasteiger partial charge in [-0.05, 0) is 24.3 Å². The van der Waals surface area contributed by atoms with Crippen LogP contribution < -0.4 is 0 Å². The van der Waals surface area contributed by atoms with Crippen LogP contribution in [0.3, 0.4) is 0 Å². The standard InChI is InChI=1S/C9H10O4/c1-12-8(11)9(13-2)5-3-7(10)4-6-9/h3-6H,1-2H3. The van der Waals surface area contributed by atoms with Crippen molar-refractivity contribution in [3.8, 4) is 0 Å². The van der Waals surface area contributed by atoms with Gasteiger partial charge < -0.3 is 9.47 Å². The van der Waals surface area contributed by atoms with Crippen molar-refractivity contribution in [2.75, 3.05) is 14.2 Å². The first-order valence-electron chi connectivity index (χ1n) is 3.70. The van der Waals surface area contributed by atoms with Crippen molar-refractivity contribution in [2.45, 2.75) is 5.60 Å². The molecule has 1 rings (SSSR count). The Balaban J connectivity index is 2.96. The Kier molecular flexibility index (Phi) is 2.63. The number of carbonyl (C=O) groups excluding carboxylic acids is 2. The lowest BCUT2D eigenvalue weighted by atomic mass is 9.97. The molecule has 0 N–H and O–H groups in total. The Hall–Kier alpha value is -1.42. The smallest absolute Gasteiger partial charge is 0.346 e. The molecule has 0 unspecified atom stereocenters. The van der Waals surface area contributed by atoms with E-state index < -0.39 is 11.6 Å². The Bertz CT molecular complexity index is 272. The van der Waals surface area contributed by atoms with Crippen LogP contribution in [0.5, 0.6) is 0 Å². The van der Waals surface area contributed by atoms with Gasteiger partial charge in [0.15, 0.2) is 5.78 Å². The van der Waals surface area contributed by atoms with Crippen molar-refractivity contribution in [1.29, 1.82) is 0 Å². The molecule has 4 nitrogen and oxygen atoms in total. The molecule has 4 heteroatoms. The Morgan fingerprint density at radius 3 is 2.23 bits per heavy atom. The van der Waals surface area contributed by atoms with Crippen LogP contribution in [0.2, 0.25) is 0 Å². The number of esters is 1. The molecule has 0 aromatic heterocycles. The van der Waals surface area contributed by atoms with E-state index in [1.807, 2.05) is 0 Å².